The SMILES string of the molecule is CCc1nc(CN2C(=O)COc3ccc(S(=O)(=O)N4CCN(CC)CC4)cc32)no1. The number of amides is 1. The first-order chi connectivity index (χ1) is 14.4. The number of anilines is 1. The monoisotopic (exact) mass is 435 g/mol. The number of likely N-dealkylation sites (N-methyl/N-ethyl adjacent to an activating group) is 1. The average molecular weight is 436 g/mol. The predicted molar refractivity (Wildman–Crippen MR) is 108 cm³/mol. The van der Waals surface area contributed by atoms with E-state index >= 15 is 0 Å². The van der Waals surface area contributed by atoms with Gasteiger partial charge >= 0.3 is 0 Å². The summed E-state index contributed by atoms with van der Waals surface area (Å²) in [6.45, 7) is 7.09. The molecule has 10 nitrogen and oxygen atoms in total. The molecule has 2 aliphatic rings. The van der Waals surface area contributed by atoms with Gasteiger partial charge in [0.15, 0.2) is 12.4 Å². The average Bonchev–Trinajstić information content (AvgIpc) is 3.23. The normalized spacial score (nSPS) is 18.3. The van der Waals surface area contributed by atoms with Crippen molar-refractivity contribution in [3.05, 3.63) is 29.9 Å². The zero-order valence-electron chi connectivity index (χ0n) is 17.1. The molecule has 0 aliphatic carbocycles. The fourth-order valence-electron chi connectivity index (χ4n) is 3.59. The van der Waals surface area contributed by atoms with E-state index in [4.69, 9.17) is 9.26 Å². The molecule has 2 aromatic rings. The molecule has 162 valence electrons. The smallest absolute Gasteiger partial charge is 0.265 e. The molecule has 0 radical (unpaired) electrons. The maximum Gasteiger partial charge on any atom is 0.265 e. The predicted octanol–water partition coefficient (Wildman–Crippen LogP) is 0.884. The Balaban J connectivity index is 1.62. The Morgan fingerprint density at radius 1 is 1.13 bits per heavy atom. The van der Waals surface area contributed by atoms with E-state index in [-0.39, 0.29) is 24.0 Å². The summed E-state index contributed by atoms with van der Waals surface area (Å²) in [5.41, 5.74) is 0.391. The van der Waals surface area contributed by atoms with Crippen LogP contribution in [0.5, 0.6) is 5.75 Å². The first-order valence-corrected chi connectivity index (χ1v) is 11.5. The molecule has 0 atom stereocenters. The fraction of sp³-hybridized carbons (Fsp3) is 0.526. The number of sulfonamides is 1. The Labute approximate surface area is 175 Å². The van der Waals surface area contributed by atoms with Crippen molar-refractivity contribution >= 4 is 21.6 Å². The van der Waals surface area contributed by atoms with Gasteiger partial charge in [-0.3, -0.25) is 9.69 Å². The van der Waals surface area contributed by atoms with Crippen molar-refractivity contribution < 1.29 is 22.5 Å². The first-order valence-electron chi connectivity index (χ1n) is 10.0. The standard InChI is InChI=1S/C19H25N5O5S/c1-3-18-20-17(21-29-18)12-24-15-11-14(5-6-16(15)28-13-19(24)25)30(26,27)23-9-7-22(4-2)8-10-23/h5-6,11H,3-4,7-10,12-13H2,1-2H3. The van der Waals surface area contributed by atoms with Crippen LogP contribution < -0.4 is 9.64 Å². The van der Waals surface area contributed by atoms with E-state index in [2.05, 4.69) is 22.0 Å². The number of hydrogen-bond donors (Lipinski definition) is 0. The number of piperazine rings is 1. The van der Waals surface area contributed by atoms with Crippen molar-refractivity contribution in [1.29, 1.82) is 0 Å². The fourth-order valence-corrected chi connectivity index (χ4v) is 5.03. The Kier molecular flexibility index (Phi) is 5.76. The zero-order valence-corrected chi connectivity index (χ0v) is 17.9. The van der Waals surface area contributed by atoms with Crippen LogP contribution in [0.2, 0.25) is 0 Å². The number of carbonyl (C=O) groups is 1. The summed E-state index contributed by atoms with van der Waals surface area (Å²) in [5.74, 6) is 0.991. The Hall–Kier alpha value is -2.50. The van der Waals surface area contributed by atoms with E-state index in [0.717, 1.165) is 6.54 Å². The van der Waals surface area contributed by atoms with Crippen LogP contribution in [-0.2, 0) is 27.8 Å². The van der Waals surface area contributed by atoms with Gasteiger partial charge in [-0.25, -0.2) is 8.42 Å². The van der Waals surface area contributed by atoms with Gasteiger partial charge in [-0.2, -0.15) is 9.29 Å². The number of ether oxygens (including phenoxy) is 1. The third-order valence-corrected chi connectivity index (χ3v) is 7.30. The van der Waals surface area contributed by atoms with Crippen molar-refractivity contribution in [2.45, 2.75) is 31.7 Å². The van der Waals surface area contributed by atoms with Crippen molar-refractivity contribution in [3.8, 4) is 5.75 Å². The highest BCUT2D eigenvalue weighted by molar-refractivity contribution is 7.89. The molecule has 1 fully saturated rings. The molecule has 1 aromatic heterocycles. The Morgan fingerprint density at radius 2 is 1.90 bits per heavy atom. The van der Waals surface area contributed by atoms with Gasteiger partial charge in [0.25, 0.3) is 5.91 Å². The van der Waals surface area contributed by atoms with Crippen molar-refractivity contribution in [3.63, 3.8) is 0 Å². The maximum atomic E-state index is 13.2. The van der Waals surface area contributed by atoms with Crippen LogP contribution in [0.15, 0.2) is 27.6 Å². The Bertz CT molecular complexity index is 1030. The quantitative estimate of drug-likeness (QED) is 0.658. The maximum absolute atomic E-state index is 13.2. The molecule has 1 aromatic carbocycles. The topological polar surface area (TPSA) is 109 Å². The number of nitrogens with zero attached hydrogens (tertiary/aromatic N) is 5. The lowest BCUT2D eigenvalue weighted by molar-refractivity contribution is -0.121. The van der Waals surface area contributed by atoms with E-state index in [1.807, 2.05) is 6.92 Å². The molecule has 1 saturated heterocycles. The second-order valence-corrected chi connectivity index (χ2v) is 9.13. The second-order valence-electron chi connectivity index (χ2n) is 7.19. The molecule has 0 spiro atoms. The van der Waals surface area contributed by atoms with Gasteiger partial charge in [-0.05, 0) is 24.7 Å². The van der Waals surface area contributed by atoms with Gasteiger partial charge in [0.2, 0.25) is 15.9 Å². The molecule has 1 amide bonds. The molecule has 4 rings (SSSR count). The van der Waals surface area contributed by atoms with Gasteiger partial charge in [-0.1, -0.05) is 19.0 Å². The molecule has 0 saturated carbocycles. The van der Waals surface area contributed by atoms with E-state index in [9.17, 15) is 13.2 Å². The lowest BCUT2D eigenvalue weighted by Crippen LogP contribution is -2.48. The Morgan fingerprint density at radius 3 is 2.57 bits per heavy atom. The highest BCUT2D eigenvalue weighted by atomic mass is 32.2. The van der Waals surface area contributed by atoms with Crippen LogP contribution in [0.3, 0.4) is 0 Å². The van der Waals surface area contributed by atoms with E-state index in [0.29, 0.717) is 55.8 Å². The third-order valence-electron chi connectivity index (χ3n) is 5.40. The highest BCUT2D eigenvalue weighted by Gasteiger charge is 2.32. The third kappa shape index (κ3) is 3.92. The minimum absolute atomic E-state index is 0.0807. The van der Waals surface area contributed by atoms with Crippen LogP contribution in [0.4, 0.5) is 5.69 Å². The summed E-state index contributed by atoms with van der Waals surface area (Å²) in [6.07, 6.45) is 0.592. The molecule has 2 aliphatic heterocycles. The molecule has 3 heterocycles. The van der Waals surface area contributed by atoms with Crippen LogP contribution in [0.25, 0.3) is 0 Å². The summed E-state index contributed by atoms with van der Waals surface area (Å²) < 4.78 is 38.5. The molecular weight excluding hydrogens is 410 g/mol. The molecule has 11 heteroatoms. The lowest BCUT2D eigenvalue weighted by Gasteiger charge is -2.34. The largest absolute Gasteiger partial charge is 0.482 e. The summed E-state index contributed by atoms with van der Waals surface area (Å²) in [4.78, 5) is 20.6. The number of carbonyl (C=O) groups excluding carboxylic acids is 1. The molecule has 0 unspecified atom stereocenters. The second kappa shape index (κ2) is 8.32. The van der Waals surface area contributed by atoms with E-state index in [1.54, 1.807) is 6.07 Å². The van der Waals surface area contributed by atoms with E-state index < -0.39 is 10.0 Å². The van der Waals surface area contributed by atoms with Crippen LogP contribution in [0, 0.1) is 0 Å². The number of aryl methyl sites for hydroxylation is 1. The molecule has 30 heavy (non-hydrogen) atoms. The van der Waals surface area contributed by atoms with Gasteiger partial charge in [0.05, 0.1) is 17.1 Å². The molecular formula is C19H25N5O5S. The van der Waals surface area contributed by atoms with Gasteiger partial charge in [-0.15, -0.1) is 0 Å². The number of hydrogen-bond acceptors (Lipinski definition) is 8. The summed E-state index contributed by atoms with van der Waals surface area (Å²) in [7, 11) is -3.68. The first kappa shape index (κ1) is 20.8. The summed E-state index contributed by atoms with van der Waals surface area (Å²) >= 11 is 0. The van der Waals surface area contributed by atoms with Crippen LogP contribution in [-0.4, -0.2) is 73.0 Å². The minimum atomic E-state index is -3.68. The zero-order chi connectivity index (χ0) is 21.3. The van der Waals surface area contributed by atoms with Crippen molar-refractivity contribution in [1.82, 2.24) is 19.3 Å². The summed E-state index contributed by atoms with van der Waals surface area (Å²) in [5, 5.41) is 3.90. The van der Waals surface area contributed by atoms with E-state index in [1.165, 1.54) is 21.3 Å². The van der Waals surface area contributed by atoms with Crippen molar-refractivity contribution in [2.24, 2.45) is 0 Å². The van der Waals surface area contributed by atoms with Crippen LogP contribution >= 0.6 is 0 Å². The molecule has 0 bridgehead atoms. The number of rotatable bonds is 6. The lowest BCUT2D eigenvalue weighted by atomic mass is 10.2. The van der Waals surface area contributed by atoms with Gasteiger partial charge < -0.3 is 14.2 Å². The number of aromatic nitrogens is 2. The number of fused-ring (bicyclic) bond motifs is 1. The van der Waals surface area contributed by atoms with Gasteiger partial charge in [0.1, 0.15) is 5.75 Å². The highest BCUT2D eigenvalue weighted by Crippen LogP contribution is 2.35. The van der Waals surface area contributed by atoms with Gasteiger partial charge in [0, 0.05) is 32.6 Å². The molecule has 0 N–H and O–H groups in total. The van der Waals surface area contributed by atoms with Crippen LogP contribution in [0.1, 0.15) is 25.6 Å². The minimum Gasteiger partial charge on any atom is -0.482 e. The summed E-state index contributed by atoms with van der Waals surface area (Å²) in [6, 6.07) is 4.62. The number of benzene rings is 1. The van der Waals surface area contributed by atoms with Crippen molar-refractivity contribution in [2.75, 3.05) is 44.2 Å².